The molecular weight excluding hydrogens is 327 g/mol. The molecule has 1 unspecified atom stereocenters. The minimum absolute atomic E-state index is 0.0800. The van der Waals surface area contributed by atoms with Gasteiger partial charge in [-0.25, -0.2) is 4.98 Å². The summed E-state index contributed by atoms with van der Waals surface area (Å²) in [6, 6.07) is 3.35. The van der Waals surface area contributed by atoms with Gasteiger partial charge in [-0.15, -0.1) is 11.6 Å². The molecule has 0 aliphatic carbocycles. The molecule has 0 bridgehead atoms. The summed E-state index contributed by atoms with van der Waals surface area (Å²) in [6.45, 7) is 1.83. The summed E-state index contributed by atoms with van der Waals surface area (Å²) in [7, 11) is 1.47. The molecule has 0 radical (unpaired) electrons. The molecule has 1 atom stereocenters. The lowest BCUT2D eigenvalue weighted by Crippen LogP contribution is -2.10. The normalized spacial score (nSPS) is 13.6. The Balaban J connectivity index is 2.35. The minimum atomic E-state index is -4.26. The van der Waals surface area contributed by atoms with Crippen LogP contribution in [0.25, 0.3) is 11.2 Å². The van der Waals surface area contributed by atoms with Crippen molar-refractivity contribution >= 4 is 34.5 Å². The Hall–Kier alpha value is -1.15. The van der Waals surface area contributed by atoms with Crippen LogP contribution in [-0.4, -0.2) is 32.9 Å². The number of pyridine rings is 1. The average Bonchev–Trinajstić information content (AvgIpc) is 2.75. The molecular formula is C12H13ClF3N3OS. The number of hydrogen-bond acceptors (Lipinski definition) is 4. The maximum absolute atomic E-state index is 12.3. The second kappa shape index (κ2) is 6.31. The molecule has 0 N–H and O–H groups in total. The van der Waals surface area contributed by atoms with Crippen LogP contribution in [0.3, 0.4) is 0 Å². The first-order valence-corrected chi connectivity index (χ1v) is 7.50. The molecule has 0 aromatic carbocycles. The quantitative estimate of drug-likeness (QED) is 0.772. The van der Waals surface area contributed by atoms with Gasteiger partial charge in [0, 0.05) is 18.4 Å². The van der Waals surface area contributed by atoms with Crippen molar-refractivity contribution in [3.05, 3.63) is 18.0 Å². The van der Waals surface area contributed by atoms with Crippen LogP contribution in [0.15, 0.2) is 12.1 Å². The molecule has 2 aromatic heterocycles. The lowest BCUT2D eigenvalue weighted by molar-refractivity contribution is -0.0328. The van der Waals surface area contributed by atoms with Crippen molar-refractivity contribution in [1.82, 2.24) is 14.5 Å². The van der Waals surface area contributed by atoms with E-state index in [2.05, 4.69) is 9.97 Å². The van der Waals surface area contributed by atoms with E-state index in [1.807, 2.05) is 0 Å². The zero-order valence-electron chi connectivity index (χ0n) is 11.3. The van der Waals surface area contributed by atoms with Crippen molar-refractivity contribution < 1.29 is 17.9 Å². The van der Waals surface area contributed by atoms with Gasteiger partial charge >= 0.3 is 5.51 Å². The number of aromatic nitrogens is 3. The first-order chi connectivity index (χ1) is 9.81. The molecule has 0 amide bonds. The highest BCUT2D eigenvalue weighted by Gasteiger charge is 2.28. The molecule has 0 spiro atoms. The fourth-order valence-corrected chi connectivity index (χ4v) is 2.56. The van der Waals surface area contributed by atoms with Gasteiger partial charge in [0.2, 0.25) is 5.88 Å². The zero-order chi connectivity index (χ0) is 15.6. The third kappa shape index (κ3) is 3.94. The van der Waals surface area contributed by atoms with Gasteiger partial charge in [0.1, 0.15) is 11.3 Å². The smallest absolute Gasteiger partial charge is 0.441 e. The monoisotopic (exact) mass is 339 g/mol. The third-order valence-electron chi connectivity index (χ3n) is 2.74. The molecule has 0 aliphatic rings. The second-order valence-electron chi connectivity index (χ2n) is 4.23. The molecule has 21 heavy (non-hydrogen) atoms. The topological polar surface area (TPSA) is 39.9 Å². The summed E-state index contributed by atoms with van der Waals surface area (Å²) < 4.78 is 43.4. The van der Waals surface area contributed by atoms with Gasteiger partial charge in [-0.2, -0.15) is 18.2 Å². The third-order valence-corrected chi connectivity index (χ3v) is 3.65. The number of ether oxygens (including phenoxy) is 1. The molecule has 2 heterocycles. The summed E-state index contributed by atoms with van der Waals surface area (Å²) in [5, 5.41) is -0.430. The van der Waals surface area contributed by atoms with Crippen molar-refractivity contribution in [3.8, 4) is 5.88 Å². The van der Waals surface area contributed by atoms with Gasteiger partial charge in [0.05, 0.1) is 12.5 Å². The van der Waals surface area contributed by atoms with Crippen molar-refractivity contribution in [2.75, 3.05) is 12.9 Å². The number of halogens is 4. The highest BCUT2D eigenvalue weighted by atomic mass is 35.5. The number of imidazole rings is 1. The van der Waals surface area contributed by atoms with Crippen molar-refractivity contribution in [3.63, 3.8) is 0 Å². The Morgan fingerprint density at radius 1 is 1.38 bits per heavy atom. The molecule has 2 rings (SSSR count). The van der Waals surface area contributed by atoms with Gasteiger partial charge in [0.15, 0.2) is 5.65 Å². The Morgan fingerprint density at radius 2 is 2.10 bits per heavy atom. The minimum Gasteiger partial charge on any atom is -0.481 e. The van der Waals surface area contributed by atoms with Crippen LogP contribution >= 0.6 is 23.4 Å². The Kier molecular flexibility index (Phi) is 4.88. The number of rotatable bonds is 5. The summed E-state index contributed by atoms with van der Waals surface area (Å²) in [4.78, 5) is 8.57. The maximum atomic E-state index is 12.3. The standard InChI is InChI=1S/C12H13ClF3N3OS/c1-7(13)10-17-8-3-4-9(20-2)18-11(8)19(10)5-6-21-12(14,15)16/h3-4,7H,5-6H2,1-2H3. The van der Waals surface area contributed by atoms with Crippen LogP contribution in [0.1, 0.15) is 18.1 Å². The van der Waals surface area contributed by atoms with E-state index in [4.69, 9.17) is 16.3 Å². The van der Waals surface area contributed by atoms with Crippen molar-refractivity contribution in [2.45, 2.75) is 24.4 Å². The SMILES string of the molecule is COc1ccc2nc(C(C)Cl)n(CCSC(F)(F)F)c2n1. The highest BCUT2D eigenvalue weighted by Crippen LogP contribution is 2.31. The first kappa shape index (κ1) is 16.2. The summed E-state index contributed by atoms with van der Waals surface area (Å²) >= 11 is 5.97. The molecule has 4 nitrogen and oxygen atoms in total. The number of fused-ring (bicyclic) bond motifs is 1. The average molecular weight is 340 g/mol. The fourth-order valence-electron chi connectivity index (χ4n) is 1.89. The van der Waals surface area contributed by atoms with Crippen molar-refractivity contribution in [1.29, 1.82) is 0 Å². The van der Waals surface area contributed by atoms with Crippen LogP contribution in [0.2, 0.25) is 0 Å². The summed E-state index contributed by atoms with van der Waals surface area (Å²) in [5.74, 6) is 0.737. The lowest BCUT2D eigenvalue weighted by atomic mass is 10.4. The molecule has 0 saturated heterocycles. The van der Waals surface area contributed by atoms with Crippen LogP contribution in [0, 0.1) is 0 Å². The van der Waals surface area contributed by atoms with Gasteiger partial charge < -0.3 is 9.30 Å². The van der Waals surface area contributed by atoms with Gasteiger partial charge in [-0.05, 0) is 24.8 Å². The largest absolute Gasteiger partial charge is 0.481 e. The first-order valence-electron chi connectivity index (χ1n) is 6.07. The molecule has 2 aromatic rings. The molecule has 9 heteroatoms. The van der Waals surface area contributed by atoms with Gasteiger partial charge in [-0.1, -0.05) is 0 Å². The van der Waals surface area contributed by atoms with Crippen LogP contribution in [0.5, 0.6) is 5.88 Å². The number of alkyl halides is 4. The summed E-state index contributed by atoms with van der Waals surface area (Å²) in [5.41, 5.74) is -3.20. The Bertz CT molecular complexity index is 630. The number of nitrogens with zero attached hydrogens (tertiary/aromatic N) is 3. The number of methoxy groups -OCH3 is 1. The predicted molar refractivity (Wildman–Crippen MR) is 76.9 cm³/mol. The van der Waals surface area contributed by atoms with E-state index in [9.17, 15) is 13.2 Å². The zero-order valence-corrected chi connectivity index (χ0v) is 12.9. The number of thioether (sulfide) groups is 1. The van der Waals surface area contributed by atoms with E-state index in [-0.39, 0.29) is 24.1 Å². The Morgan fingerprint density at radius 3 is 2.67 bits per heavy atom. The molecule has 0 fully saturated rings. The Labute approximate surface area is 128 Å². The van der Waals surface area contributed by atoms with Gasteiger partial charge in [0.25, 0.3) is 0 Å². The van der Waals surface area contributed by atoms with Crippen LogP contribution in [0.4, 0.5) is 13.2 Å². The maximum Gasteiger partial charge on any atom is 0.441 e. The molecule has 0 saturated carbocycles. The van der Waals surface area contributed by atoms with E-state index in [0.717, 1.165) is 0 Å². The lowest BCUT2D eigenvalue weighted by Gasteiger charge is -2.11. The van der Waals surface area contributed by atoms with Crippen LogP contribution < -0.4 is 4.74 Å². The van der Waals surface area contributed by atoms with E-state index >= 15 is 0 Å². The fraction of sp³-hybridized carbons (Fsp3) is 0.500. The van der Waals surface area contributed by atoms with Crippen molar-refractivity contribution in [2.24, 2.45) is 0 Å². The van der Waals surface area contributed by atoms with E-state index in [0.29, 0.717) is 22.9 Å². The van der Waals surface area contributed by atoms with Gasteiger partial charge in [-0.3, -0.25) is 0 Å². The highest BCUT2D eigenvalue weighted by molar-refractivity contribution is 8.00. The van der Waals surface area contributed by atoms with E-state index < -0.39 is 10.9 Å². The number of aryl methyl sites for hydroxylation is 1. The van der Waals surface area contributed by atoms with E-state index in [1.165, 1.54) is 7.11 Å². The van der Waals surface area contributed by atoms with E-state index in [1.54, 1.807) is 23.6 Å². The van der Waals surface area contributed by atoms with Crippen LogP contribution in [-0.2, 0) is 6.54 Å². The molecule has 116 valence electrons. The molecule has 0 aliphatic heterocycles. The second-order valence-corrected chi connectivity index (χ2v) is 6.04. The number of hydrogen-bond donors (Lipinski definition) is 0. The summed E-state index contributed by atoms with van der Waals surface area (Å²) in [6.07, 6.45) is 0. The predicted octanol–water partition coefficient (Wildman–Crippen LogP) is 3.99.